The number of anilines is 2. The van der Waals surface area contributed by atoms with E-state index in [1.54, 1.807) is 30.1 Å². The Hall–Kier alpha value is -2.73. The number of nitrogens with one attached hydrogen (secondary N) is 1. The third-order valence-corrected chi connectivity index (χ3v) is 4.69. The van der Waals surface area contributed by atoms with E-state index in [2.05, 4.69) is 5.32 Å². The van der Waals surface area contributed by atoms with Crippen LogP contribution in [0.4, 0.5) is 16.2 Å². The molecule has 0 atom stereocenters. The molecule has 0 bridgehead atoms. The minimum Gasteiger partial charge on any atom is -0.492 e. The molecule has 0 radical (unpaired) electrons. The van der Waals surface area contributed by atoms with Gasteiger partial charge in [-0.2, -0.15) is 0 Å². The predicted octanol–water partition coefficient (Wildman–Crippen LogP) is 4.01. The van der Waals surface area contributed by atoms with Crippen LogP contribution in [0.3, 0.4) is 0 Å². The molecule has 7 heteroatoms. The van der Waals surface area contributed by atoms with Gasteiger partial charge in [-0.05, 0) is 36.8 Å². The lowest BCUT2D eigenvalue weighted by Crippen LogP contribution is -2.34. The number of para-hydroxylation sites is 1. The van der Waals surface area contributed by atoms with E-state index < -0.39 is 0 Å². The first-order valence-corrected chi connectivity index (χ1v) is 9.22. The Kier molecular flexibility index (Phi) is 6.19. The second kappa shape index (κ2) is 8.77. The molecule has 0 saturated carbocycles. The summed E-state index contributed by atoms with van der Waals surface area (Å²) in [6.45, 7) is 1.48. The number of nitrogens with zero attached hydrogens (tertiary/aromatic N) is 2. The molecule has 27 heavy (non-hydrogen) atoms. The van der Waals surface area contributed by atoms with Crippen LogP contribution in [0.25, 0.3) is 0 Å². The summed E-state index contributed by atoms with van der Waals surface area (Å²) in [5.74, 6) is 0.849. The number of urea groups is 1. The second-order valence-electron chi connectivity index (χ2n) is 6.33. The van der Waals surface area contributed by atoms with Crippen LogP contribution in [-0.4, -0.2) is 43.6 Å². The second-order valence-corrected chi connectivity index (χ2v) is 6.73. The molecule has 2 aromatic rings. The van der Waals surface area contributed by atoms with Gasteiger partial charge in [0.2, 0.25) is 5.91 Å². The van der Waals surface area contributed by atoms with Crippen LogP contribution in [-0.2, 0) is 4.79 Å². The van der Waals surface area contributed by atoms with Gasteiger partial charge < -0.3 is 19.9 Å². The maximum Gasteiger partial charge on any atom is 0.321 e. The Labute approximate surface area is 163 Å². The van der Waals surface area contributed by atoms with E-state index in [0.717, 1.165) is 17.9 Å². The molecule has 3 rings (SSSR count). The van der Waals surface area contributed by atoms with Gasteiger partial charge in [0.25, 0.3) is 0 Å². The highest BCUT2D eigenvalue weighted by Gasteiger charge is 2.22. The molecule has 2 aromatic carbocycles. The first kappa shape index (κ1) is 19.0. The predicted molar refractivity (Wildman–Crippen MR) is 107 cm³/mol. The van der Waals surface area contributed by atoms with Crippen LogP contribution in [0.1, 0.15) is 12.8 Å². The minimum atomic E-state index is -0.293. The molecular weight excluding hydrogens is 366 g/mol. The lowest BCUT2D eigenvalue weighted by atomic mass is 10.2. The van der Waals surface area contributed by atoms with E-state index in [9.17, 15) is 9.59 Å². The van der Waals surface area contributed by atoms with Crippen molar-refractivity contribution in [1.82, 2.24) is 4.90 Å². The van der Waals surface area contributed by atoms with Gasteiger partial charge in [0.05, 0.1) is 17.3 Å². The molecule has 1 aliphatic rings. The Morgan fingerprint density at radius 3 is 2.74 bits per heavy atom. The van der Waals surface area contributed by atoms with Crippen molar-refractivity contribution in [1.29, 1.82) is 0 Å². The number of carbonyl (C=O) groups excluding carboxylic acids is 2. The van der Waals surface area contributed by atoms with Gasteiger partial charge in [0.15, 0.2) is 0 Å². The van der Waals surface area contributed by atoms with Crippen LogP contribution >= 0.6 is 11.6 Å². The van der Waals surface area contributed by atoms with E-state index in [1.807, 2.05) is 30.3 Å². The summed E-state index contributed by atoms with van der Waals surface area (Å²) in [7, 11) is 1.69. The van der Waals surface area contributed by atoms with E-state index >= 15 is 0 Å². The minimum absolute atomic E-state index is 0.0878. The number of hydrogen-bond acceptors (Lipinski definition) is 3. The molecule has 0 unspecified atom stereocenters. The summed E-state index contributed by atoms with van der Waals surface area (Å²) in [5, 5.41) is 3.22. The van der Waals surface area contributed by atoms with Crippen molar-refractivity contribution < 1.29 is 14.3 Å². The van der Waals surface area contributed by atoms with Gasteiger partial charge in [0, 0.05) is 25.7 Å². The smallest absolute Gasteiger partial charge is 0.321 e. The summed E-state index contributed by atoms with van der Waals surface area (Å²) < 4.78 is 5.61. The molecule has 142 valence electrons. The molecular formula is C20H22ClN3O3. The third-order valence-electron chi connectivity index (χ3n) is 4.36. The summed E-state index contributed by atoms with van der Waals surface area (Å²) >= 11 is 6.21. The Morgan fingerprint density at radius 2 is 2.04 bits per heavy atom. The van der Waals surface area contributed by atoms with Crippen molar-refractivity contribution in [2.75, 3.05) is 37.0 Å². The van der Waals surface area contributed by atoms with Gasteiger partial charge in [-0.25, -0.2) is 4.79 Å². The zero-order valence-electron chi connectivity index (χ0n) is 15.2. The van der Waals surface area contributed by atoms with Crippen molar-refractivity contribution in [3.8, 4) is 5.75 Å². The van der Waals surface area contributed by atoms with E-state index in [4.69, 9.17) is 16.3 Å². The summed E-state index contributed by atoms with van der Waals surface area (Å²) in [4.78, 5) is 27.6. The number of benzene rings is 2. The number of ether oxygens (including phenoxy) is 1. The van der Waals surface area contributed by atoms with Crippen LogP contribution in [0, 0.1) is 0 Å². The molecule has 0 aromatic heterocycles. The van der Waals surface area contributed by atoms with Gasteiger partial charge >= 0.3 is 6.03 Å². The SMILES string of the molecule is CN(CCOc1ccccc1)C(=O)Nc1cc(N2CCCC2=O)ccc1Cl. The van der Waals surface area contributed by atoms with Crippen LogP contribution in [0.5, 0.6) is 5.75 Å². The van der Waals surface area contributed by atoms with Crippen molar-refractivity contribution in [2.24, 2.45) is 0 Å². The van der Waals surface area contributed by atoms with Crippen LogP contribution in [0.2, 0.25) is 5.02 Å². The van der Waals surface area contributed by atoms with Crippen molar-refractivity contribution in [2.45, 2.75) is 12.8 Å². The fraction of sp³-hybridized carbons (Fsp3) is 0.300. The van der Waals surface area contributed by atoms with E-state index in [-0.39, 0.29) is 11.9 Å². The van der Waals surface area contributed by atoms with Crippen LogP contribution in [0.15, 0.2) is 48.5 Å². The third kappa shape index (κ3) is 4.92. The standard InChI is InChI=1S/C20H22ClN3O3/c1-23(12-13-27-16-6-3-2-4-7-16)20(26)22-18-14-15(9-10-17(18)21)24-11-5-8-19(24)25/h2-4,6-7,9-10,14H,5,8,11-13H2,1H3,(H,22,26). The van der Waals surface area contributed by atoms with Crippen molar-refractivity contribution in [3.05, 3.63) is 53.6 Å². The maximum absolute atomic E-state index is 12.4. The molecule has 3 amide bonds. The fourth-order valence-electron chi connectivity index (χ4n) is 2.83. The van der Waals surface area contributed by atoms with Gasteiger partial charge in [-0.3, -0.25) is 4.79 Å². The average molecular weight is 388 g/mol. The highest BCUT2D eigenvalue weighted by atomic mass is 35.5. The van der Waals surface area contributed by atoms with Crippen molar-refractivity contribution in [3.63, 3.8) is 0 Å². The molecule has 6 nitrogen and oxygen atoms in total. The highest BCUT2D eigenvalue weighted by Crippen LogP contribution is 2.30. The number of halogens is 1. The summed E-state index contributed by atoms with van der Waals surface area (Å²) in [6, 6.07) is 14.4. The number of rotatable bonds is 6. The molecule has 1 saturated heterocycles. The largest absolute Gasteiger partial charge is 0.492 e. The monoisotopic (exact) mass is 387 g/mol. The zero-order valence-corrected chi connectivity index (χ0v) is 15.9. The van der Waals surface area contributed by atoms with Gasteiger partial charge in [0.1, 0.15) is 12.4 Å². The molecule has 1 fully saturated rings. The average Bonchev–Trinajstić information content (AvgIpc) is 3.10. The Balaban J connectivity index is 1.57. The number of likely N-dealkylation sites (N-methyl/N-ethyl adjacent to an activating group) is 1. The first-order chi connectivity index (χ1) is 13.0. The lowest BCUT2D eigenvalue weighted by molar-refractivity contribution is -0.117. The molecule has 1 N–H and O–H groups in total. The molecule has 0 spiro atoms. The summed E-state index contributed by atoms with van der Waals surface area (Å²) in [6.07, 6.45) is 1.39. The normalized spacial score (nSPS) is 13.6. The fourth-order valence-corrected chi connectivity index (χ4v) is 2.99. The maximum atomic E-state index is 12.4. The highest BCUT2D eigenvalue weighted by molar-refractivity contribution is 6.33. The van der Waals surface area contributed by atoms with Gasteiger partial charge in [-0.15, -0.1) is 0 Å². The molecule has 1 aliphatic heterocycles. The Bertz CT molecular complexity index is 813. The molecule has 1 heterocycles. The van der Waals surface area contributed by atoms with Crippen LogP contribution < -0.4 is 15.0 Å². The number of carbonyl (C=O) groups is 2. The zero-order chi connectivity index (χ0) is 19.2. The molecule has 0 aliphatic carbocycles. The summed E-state index contributed by atoms with van der Waals surface area (Å²) in [5.41, 5.74) is 1.22. The van der Waals surface area contributed by atoms with E-state index in [1.165, 1.54) is 4.90 Å². The van der Waals surface area contributed by atoms with Crippen molar-refractivity contribution >= 4 is 34.9 Å². The lowest BCUT2D eigenvalue weighted by Gasteiger charge is -2.20. The van der Waals surface area contributed by atoms with Gasteiger partial charge in [-0.1, -0.05) is 29.8 Å². The number of hydrogen-bond donors (Lipinski definition) is 1. The number of amides is 3. The Morgan fingerprint density at radius 1 is 1.26 bits per heavy atom. The quantitative estimate of drug-likeness (QED) is 0.814. The first-order valence-electron chi connectivity index (χ1n) is 8.84. The topological polar surface area (TPSA) is 61.9 Å². The van der Waals surface area contributed by atoms with E-state index in [0.29, 0.717) is 36.8 Å².